The molecular formula is C22H23N3O4S2. The van der Waals surface area contributed by atoms with Crippen LogP contribution in [0.5, 0.6) is 0 Å². The quantitative estimate of drug-likeness (QED) is 0.539. The van der Waals surface area contributed by atoms with E-state index in [0.29, 0.717) is 35.5 Å². The molecular weight excluding hydrogens is 434 g/mol. The fraction of sp³-hybridized carbons (Fsp3) is 0.318. The first-order chi connectivity index (χ1) is 15.1. The molecule has 7 nitrogen and oxygen atoms in total. The van der Waals surface area contributed by atoms with E-state index in [-0.39, 0.29) is 18.3 Å². The number of ether oxygens (including phenoxy) is 2. The monoisotopic (exact) mass is 457 g/mol. The first kappa shape index (κ1) is 21.5. The van der Waals surface area contributed by atoms with Crippen molar-refractivity contribution in [2.75, 3.05) is 43.1 Å². The first-order valence-corrected chi connectivity index (χ1v) is 11.8. The van der Waals surface area contributed by atoms with Crippen molar-refractivity contribution in [1.82, 2.24) is 4.98 Å². The van der Waals surface area contributed by atoms with E-state index in [2.05, 4.69) is 27.3 Å². The second-order valence-corrected chi connectivity index (χ2v) is 8.76. The Morgan fingerprint density at radius 1 is 1.23 bits per heavy atom. The molecule has 1 fully saturated rings. The third-order valence-electron chi connectivity index (χ3n) is 4.72. The van der Waals surface area contributed by atoms with Gasteiger partial charge in [0.1, 0.15) is 0 Å². The molecule has 1 aliphatic rings. The number of amides is 1. The average molecular weight is 458 g/mol. The number of rotatable bonds is 7. The number of esters is 1. The van der Waals surface area contributed by atoms with Crippen LogP contribution in [0, 0.1) is 0 Å². The van der Waals surface area contributed by atoms with Gasteiger partial charge in [-0.1, -0.05) is 30.3 Å². The lowest BCUT2D eigenvalue weighted by Gasteiger charge is -2.28. The molecule has 162 valence electrons. The fourth-order valence-electron chi connectivity index (χ4n) is 3.28. The van der Waals surface area contributed by atoms with Gasteiger partial charge >= 0.3 is 5.97 Å². The van der Waals surface area contributed by atoms with Gasteiger partial charge in [-0.25, -0.2) is 4.98 Å². The van der Waals surface area contributed by atoms with Gasteiger partial charge in [0, 0.05) is 24.0 Å². The Hall–Kier alpha value is -2.75. The Labute approximate surface area is 188 Å². The van der Waals surface area contributed by atoms with Crippen molar-refractivity contribution in [1.29, 1.82) is 0 Å². The number of thiophene rings is 1. The number of morpholine rings is 1. The maximum atomic E-state index is 13.0. The zero-order chi connectivity index (χ0) is 21.6. The minimum absolute atomic E-state index is 0.0958. The zero-order valence-electron chi connectivity index (χ0n) is 17.1. The Balaban J connectivity index is 1.54. The zero-order valence-corrected chi connectivity index (χ0v) is 18.8. The van der Waals surface area contributed by atoms with Gasteiger partial charge in [-0.05, 0) is 18.6 Å². The molecule has 2 aromatic heterocycles. The van der Waals surface area contributed by atoms with E-state index in [1.54, 1.807) is 12.3 Å². The van der Waals surface area contributed by atoms with E-state index in [1.807, 2.05) is 24.3 Å². The van der Waals surface area contributed by atoms with E-state index < -0.39 is 0 Å². The van der Waals surface area contributed by atoms with Crippen LogP contribution in [0.3, 0.4) is 0 Å². The summed E-state index contributed by atoms with van der Waals surface area (Å²) >= 11 is 2.77. The number of carbonyl (C=O) groups excluding carboxylic acids is 2. The number of thiazole rings is 1. The molecule has 1 N–H and O–H groups in total. The lowest BCUT2D eigenvalue weighted by molar-refractivity contribution is -0.142. The van der Waals surface area contributed by atoms with Crippen LogP contribution >= 0.6 is 22.7 Å². The SMILES string of the molecule is CCOC(=O)Cc1csc(NC(=O)c2cc(-c3ccccc3)c(N3CCOCC3)s2)n1. The highest BCUT2D eigenvalue weighted by Gasteiger charge is 2.22. The number of carbonyl (C=O) groups is 2. The van der Waals surface area contributed by atoms with Crippen LogP contribution in [0.25, 0.3) is 11.1 Å². The molecule has 1 saturated heterocycles. The largest absolute Gasteiger partial charge is 0.466 e. The van der Waals surface area contributed by atoms with Gasteiger partial charge in [0.2, 0.25) is 0 Å². The Morgan fingerprint density at radius 2 is 2.00 bits per heavy atom. The molecule has 1 aromatic carbocycles. The van der Waals surface area contributed by atoms with E-state index in [4.69, 9.17) is 9.47 Å². The van der Waals surface area contributed by atoms with Gasteiger partial charge in [-0.2, -0.15) is 0 Å². The Bertz CT molecular complexity index is 1040. The van der Waals surface area contributed by atoms with Crippen molar-refractivity contribution in [3.63, 3.8) is 0 Å². The summed E-state index contributed by atoms with van der Waals surface area (Å²) < 4.78 is 10.4. The predicted molar refractivity (Wildman–Crippen MR) is 123 cm³/mol. The van der Waals surface area contributed by atoms with Crippen LogP contribution in [-0.2, 0) is 20.7 Å². The number of hydrogen-bond acceptors (Lipinski definition) is 8. The highest BCUT2D eigenvalue weighted by molar-refractivity contribution is 7.19. The van der Waals surface area contributed by atoms with Gasteiger partial charge in [-0.15, -0.1) is 22.7 Å². The van der Waals surface area contributed by atoms with Crippen molar-refractivity contribution < 1.29 is 19.1 Å². The fourth-order valence-corrected chi connectivity index (χ4v) is 5.12. The summed E-state index contributed by atoms with van der Waals surface area (Å²) in [5, 5.41) is 6.16. The molecule has 0 atom stereocenters. The maximum Gasteiger partial charge on any atom is 0.311 e. The molecule has 0 aliphatic carbocycles. The molecule has 3 aromatic rings. The molecule has 9 heteroatoms. The summed E-state index contributed by atoms with van der Waals surface area (Å²) in [6, 6.07) is 12.0. The van der Waals surface area contributed by atoms with E-state index in [9.17, 15) is 9.59 Å². The lowest BCUT2D eigenvalue weighted by Crippen LogP contribution is -2.35. The van der Waals surface area contributed by atoms with Crippen molar-refractivity contribution in [3.05, 3.63) is 52.3 Å². The minimum Gasteiger partial charge on any atom is -0.466 e. The topological polar surface area (TPSA) is 80.8 Å². The second-order valence-electron chi connectivity index (χ2n) is 6.87. The predicted octanol–water partition coefficient (Wildman–Crippen LogP) is 4.07. The third kappa shape index (κ3) is 5.30. The number of benzene rings is 1. The number of hydrogen-bond donors (Lipinski definition) is 1. The summed E-state index contributed by atoms with van der Waals surface area (Å²) in [6.07, 6.45) is 0.0958. The summed E-state index contributed by atoms with van der Waals surface area (Å²) in [4.78, 5) is 31.8. The van der Waals surface area contributed by atoms with E-state index in [0.717, 1.165) is 29.2 Å². The Morgan fingerprint density at radius 3 is 2.74 bits per heavy atom. The number of aromatic nitrogens is 1. The summed E-state index contributed by atoms with van der Waals surface area (Å²) in [7, 11) is 0. The summed E-state index contributed by atoms with van der Waals surface area (Å²) in [5.41, 5.74) is 2.70. The molecule has 31 heavy (non-hydrogen) atoms. The second kappa shape index (κ2) is 10.0. The minimum atomic E-state index is -0.327. The third-order valence-corrected chi connectivity index (χ3v) is 6.72. The molecule has 0 radical (unpaired) electrons. The molecule has 1 aliphatic heterocycles. The summed E-state index contributed by atoms with van der Waals surface area (Å²) in [5.74, 6) is -0.537. The molecule has 4 rings (SSSR count). The lowest BCUT2D eigenvalue weighted by atomic mass is 10.1. The van der Waals surface area contributed by atoms with E-state index >= 15 is 0 Å². The number of anilines is 2. The molecule has 0 saturated carbocycles. The average Bonchev–Trinajstić information content (AvgIpc) is 3.42. The van der Waals surface area contributed by atoms with Crippen molar-refractivity contribution >= 4 is 44.7 Å². The molecule has 0 spiro atoms. The molecule has 0 unspecified atom stereocenters. The van der Waals surface area contributed by atoms with Crippen LogP contribution in [0.1, 0.15) is 22.3 Å². The van der Waals surface area contributed by atoms with Crippen LogP contribution in [-0.4, -0.2) is 49.8 Å². The Kier molecular flexibility index (Phi) is 6.96. The smallest absolute Gasteiger partial charge is 0.311 e. The van der Waals surface area contributed by atoms with Gasteiger partial charge in [-0.3, -0.25) is 14.9 Å². The van der Waals surface area contributed by atoms with Crippen molar-refractivity contribution in [2.24, 2.45) is 0 Å². The summed E-state index contributed by atoms with van der Waals surface area (Å²) in [6.45, 7) is 5.04. The van der Waals surface area contributed by atoms with Crippen molar-refractivity contribution in [2.45, 2.75) is 13.3 Å². The van der Waals surface area contributed by atoms with Crippen molar-refractivity contribution in [3.8, 4) is 11.1 Å². The molecule has 0 bridgehead atoms. The van der Waals surface area contributed by atoms with E-state index in [1.165, 1.54) is 22.7 Å². The maximum absolute atomic E-state index is 13.0. The highest BCUT2D eigenvalue weighted by atomic mass is 32.1. The number of nitrogens with zero attached hydrogens (tertiary/aromatic N) is 2. The van der Waals surface area contributed by atoms with Gasteiger partial charge in [0.15, 0.2) is 5.13 Å². The number of nitrogens with one attached hydrogen (secondary N) is 1. The van der Waals surface area contributed by atoms with Gasteiger partial charge < -0.3 is 14.4 Å². The van der Waals surface area contributed by atoms with Crippen LogP contribution in [0.4, 0.5) is 10.1 Å². The van der Waals surface area contributed by atoms with Crippen LogP contribution < -0.4 is 10.2 Å². The molecule has 3 heterocycles. The van der Waals surface area contributed by atoms with Crippen LogP contribution in [0.2, 0.25) is 0 Å². The van der Waals surface area contributed by atoms with Gasteiger partial charge in [0.25, 0.3) is 5.91 Å². The van der Waals surface area contributed by atoms with Crippen LogP contribution in [0.15, 0.2) is 41.8 Å². The van der Waals surface area contributed by atoms with Gasteiger partial charge in [0.05, 0.1) is 41.8 Å². The highest BCUT2D eigenvalue weighted by Crippen LogP contribution is 2.39. The standard InChI is InChI=1S/C22H23N3O4S2/c1-2-29-19(26)12-16-14-30-22(23-16)24-20(27)18-13-17(15-6-4-3-5-7-15)21(31-18)25-8-10-28-11-9-25/h3-7,13-14H,2,8-12H2,1H3,(H,23,24,27). The first-order valence-electron chi connectivity index (χ1n) is 10.1. The molecule has 1 amide bonds. The normalized spacial score (nSPS) is 13.8.